The lowest BCUT2D eigenvalue weighted by atomic mass is 9.98. The molecule has 0 saturated carbocycles. The molecule has 0 aliphatic carbocycles. The number of hydrogen-bond donors (Lipinski definition) is 1. The second-order valence-corrected chi connectivity index (χ2v) is 9.54. The van der Waals surface area contributed by atoms with Crippen molar-refractivity contribution in [1.29, 1.82) is 0 Å². The van der Waals surface area contributed by atoms with E-state index in [9.17, 15) is 9.59 Å². The Bertz CT molecular complexity index is 206. The van der Waals surface area contributed by atoms with Crippen molar-refractivity contribution in [3.63, 3.8) is 0 Å². The van der Waals surface area contributed by atoms with Gasteiger partial charge in [-0.3, -0.25) is 4.79 Å². The van der Waals surface area contributed by atoms with Gasteiger partial charge in [0, 0.05) is 0 Å². The smallest absolute Gasteiger partial charge is 0.308 e. The van der Waals surface area contributed by atoms with Gasteiger partial charge >= 0.3 is 5.97 Å². The summed E-state index contributed by atoms with van der Waals surface area (Å²) < 4.78 is 4.67. The maximum Gasteiger partial charge on any atom is 0.308 e. The minimum atomic E-state index is -2.21. The summed E-state index contributed by atoms with van der Waals surface area (Å²) in [5.41, 5.74) is 0. The fourth-order valence-electron chi connectivity index (χ4n) is 1.30. The summed E-state index contributed by atoms with van der Waals surface area (Å²) in [7, 11) is -0.818. The van der Waals surface area contributed by atoms with E-state index in [0.29, 0.717) is 6.42 Å². The second-order valence-electron chi connectivity index (χ2n) is 5.07. The van der Waals surface area contributed by atoms with Crippen LogP contribution in [0.25, 0.3) is 0 Å². The topological polar surface area (TPSA) is 46.5 Å². The normalized spacial score (nSPS) is 15.1. The molecule has 0 rings (SSSR count). The molecule has 0 aromatic rings. The van der Waals surface area contributed by atoms with Crippen LogP contribution >= 0.6 is 0 Å². The van der Waals surface area contributed by atoms with Crippen LogP contribution in [0.15, 0.2) is 0 Å². The highest BCUT2D eigenvalue weighted by Gasteiger charge is 2.40. The van der Waals surface area contributed by atoms with E-state index in [1.54, 1.807) is 0 Å². The van der Waals surface area contributed by atoms with Gasteiger partial charge in [-0.05, 0) is 24.6 Å². The zero-order valence-corrected chi connectivity index (χ0v) is 11.0. The first-order chi connectivity index (χ1) is 6.12. The molecule has 0 aliphatic rings. The van der Waals surface area contributed by atoms with Crippen molar-refractivity contribution in [2.75, 3.05) is 7.11 Å². The van der Waals surface area contributed by atoms with Gasteiger partial charge in [-0.2, -0.15) is 0 Å². The molecule has 0 spiro atoms. The van der Waals surface area contributed by atoms with Gasteiger partial charge in [0.2, 0.25) is 0 Å². The van der Waals surface area contributed by atoms with E-state index in [0.717, 1.165) is 0 Å². The predicted molar refractivity (Wildman–Crippen MR) is 59.5 cm³/mol. The summed E-state index contributed by atoms with van der Waals surface area (Å²) in [5, 5.41) is -0.166. The van der Waals surface area contributed by atoms with E-state index in [1.165, 1.54) is 7.11 Å². The summed E-state index contributed by atoms with van der Waals surface area (Å²) in [6.07, 6.45) is 0.676. The van der Waals surface area contributed by atoms with Crippen molar-refractivity contribution in [3.8, 4) is 0 Å². The SMILES string of the molecule is COC(=O)C(C)CC(C)(C)[Si](C)(C)O. The Labute approximate surface area is 87.6 Å². The zero-order valence-electron chi connectivity index (χ0n) is 10.0. The highest BCUT2D eigenvalue weighted by molar-refractivity contribution is 6.72. The predicted octanol–water partition coefficient (Wildman–Crippen LogP) is 2.16. The van der Waals surface area contributed by atoms with Gasteiger partial charge in [-0.25, -0.2) is 0 Å². The van der Waals surface area contributed by atoms with Gasteiger partial charge < -0.3 is 9.53 Å². The van der Waals surface area contributed by atoms with Crippen LogP contribution in [-0.2, 0) is 9.53 Å². The van der Waals surface area contributed by atoms with Gasteiger partial charge in [0.25, 0.3) is 0 Å². The zero-order chi connectivity index (χ0) is 11.6. The third-order valence-corrected chi connectivity index (χ3v) is 6.59. The molecule has 1 unspecified atom stereocenters. The molecule has 0 aromatic carbocycles. The average molecular weight is 218 g/mol. The molecule has 0 bridgehead atoms. The first kappa shape index (κ1) is 13.6. The number of rotatable bonds is 4. The van der Waals surface area contributed by atoms with Crippen LogP contribution in [0.3, 0.4) is 0 Å². The van der Waals surface area contributed by atoms with Gasteiger partial charge in [0.1, 0.15) is 0 Å². The second kappa shape index (κ2) is 4.44. The molecule has 0 aliphatic heterocycles. The Morgan fingerprint density at radius 2 is 1.93 bits per heavy atom. The van der Waals surface area contributed by atoms with Gasteiger partial charge in [0.05, 0.1) is 13.0 Å². The van der Waals surface area contributed by atoms with E-state index in [2.05, 4.69) is 4.74 Å². The van der Waals surface area contributed by atoms with Crippen LogP contribution in [0.5, 0.6) is 0 Å². The van der Waals surface area contributed by atoms with Crippen LogP contribution in [-0.4, -0.2) is 26.2 Å². The largest absolute Gasteiger partial charge is 0.469 e. The molecule has 1 N–H and O–H groups in total. The lowest BCUT2D eigenvalue weighted by Crippen LogP contribution is -2.40. The highest BCUT2D eigenvalue weighted by Crippen LogP contribution is 2.41. The third-order valence-electron chi connectivity index (χ3n) is 3.08. The fraction of sp³-hybridized carbons (Fsp3) is 0.900. The molecule has 0 heterocycles. The molecular weight excluding hydrogens is 196 g/mol. The monoisotopic (exact) mass is 218 g/mol. The first-order valence-electron chi connectivity index (χ1n) is 4.92. The van der Waals surface area contributed by atoms with Crippen molar-refractivity contribution in [3.05, 3.63) is 0 Å². The molecule has 0 amide bonds. The lowest BCUT2D eigenvalue weighted by Gasteiger charge is -2.36. The minimum Gasteiger partial charge on any atom is -0.469 e. The number of methoxy groups -OCH3 is 1. The maximum absolute atomic E-state index is 11.2. The molecule has 84 valence electrons. The van der Waals surface area contributed by atoms with E-state index in [4.69, 9.17) is 0 Å². The molecular formula is C10H22O3Si. The highest BCUT2D eigenvalue weighted by atomic mass is 28.4. The molecule has 0 saturated heterocycles. The van der Waals surface area contributed by atoms with Gasteiger partial charge in [0.15, 0.2) is 8.32 Å². The number of carbonyl (C=O) groups excluding carboxylic acids is 1. The number of hydrogen-bond acceptors (Lipinski definition) is 3. The number of carbonyl (C=O) groups is 1. The Morgan fingerprint density at radius 1 is 1.50 bits per heavy atom. The Morgan fingerprint density at radius 3 is 2.21 bits per heavy atom. The summed E-state index contributed by atoms with van der Waals surface area (Å²) in [6.45, 7) is 9.67. The Hall–Kier alpha value is -0.353. The summed E-state index contributed by atoms with van der Waals surface area (Å²) >= 11 is 0. The molecule has 4 heteroatoms. The van der Waals surface area contributed by atoms with Crippen molar-refractivity contribution in [1.82, 2.24) is 0 Å². The van der Waals surface area contributed by atoms with Crippen molar-refractivity contribution < 1.29 is 14.3 Å². The lowest BCUT2D eigenvalue weighted by molar-refractivity contribution is -0.145. The molecule has 3 nitrogen and oxygen atoms in total. The molecule has 1 atom stereocenters. The number of ether oxygens (including phenoxy) is 1. The summed E-state index contributed by atoms with van der Waals surface area (Å²) in [6, 6.07) is 0. The first-order valence-corrected chi connectivity index (χ1v) is 7.87. The molecule has 0 aromatic heterocycles. The van der Waals surface area contributed by atoms with Crippen molar-refractivity contribution in [2.45, 2.75) is 45.3 Å². The van der Waals surface area contributed by atoms with Crippen LogP contribution < -0.4 is 0 Å². The number of esters is 1. The standard InChI is InChI=1S/C10H22O3Si/c1-8(9(11)13-4)7-10(2,3)14(5,6)12/h8,12H,7H2,1-6H3. The van der Waals surface area contributed by atoms with Crippen LogP contribution in [0.4, 0.5) is 0 Å². The van der Waals surface area contributed by atoms with Crippen LogP contribution in [0.2, 0.25) is 18.1 Å². The average Bonchev–Trinajstić information content (AvgIpc) is 2.00. The Balaban J connectivity index is 4.44. The van der Waals surface area contributed by atoms with E-state index in [-0.39, 0.29) is 16.9 Å². The molecule has 0 fully saturated rings. The van der Waals surface area contributed by atoms with E-state index >= 15 is 0 Å². The summed E-state index contributed by atoms with van der Waals surface area (Å²) in [4.78, 5) is 21.3. The van der Waals surface area contributed by atoms with Crippen LogP contribution in [0.1, 0.15) is 27.2 Å². The molecule has 14 heavy (non-hydrogen) atoms. The van der Waals surface area contributed by atoms with Crippen molar-refractivity contribution >= 4 is 14.3 Å². The van der Waals surface area contributed by atoms with E-state index < -0.39 is 8.32 Å². The van der Waals surface area contributed by atoms with Gasteiger partial charge in [-0.15, -0.1) is 0 Å². The maximum atomic E-state index is 11.2. The Kier molecular flexibility index (Phi) is 4.33. The van der Waals surface area contributed by atoms with Crippen molar-refractivity contribution in [2.24, 2.45) is 5.92 Å². The van der Waals surface area contributed by atoms with Gasteiger partial charge in [-0.1, -0.05) is 20.8 Å². The van der Waals surface area contributed by atoms with Crippen LogP contribution in [0, 0.1) is 5.92 Å². The van der Waals surface area contributed by atoms with E-state index in [1.807, 2.05) is 33.9 Å². The summed E-state index contributed by atoms with van der Waals surface area (Å²) in [5.74, 6) is -0.342. The fourth-order valence-corrected chi connectivity index (χ4v) is 2.11. The quantitative estimate of drug-likeness (QED) is 0.581. The third kappa shape index (κ3) is 3.42. The molecule has 0 radical (unpaired) electrons. The minimum absolute atomic E-state index is 0.145.